The molecule has 0 aliphatic heterocycles. The molecule has 2 nitrogen and oxygen atoms in total. The molecular formula is C15H12O2. The molecule has 1 aliphatic carbocycles. The molecule has 1 aromatic heterocycles. The van der Waals surface area contributed by atoms with E-state index in [4.69, 9.17) is 4.42 Å². The molecule has 0 amide bonds. The molecule has 0 spiro atoms. The van der Waals surface area contributed by atoms with Gasteiger partial charge in [0.05, 0.1) is 0 Å². The van der Waals surface area contributed by atoms with E-state index in [0.29, 0.717) is 5.42 Å². The van der Waals surface area contributed by atoms with Crippen molar-refractivity contribution in [3.05, 3.63) is 81.8 Å². The number of hydrogen-bond acceptors (Lipinski definition) is 2. The van der Waals surface area contributed by atoms with Crippen molar-refractivity contribution in [2.45, 2.75) is 0 Å². The van der Waals surface area contributed by atoms with Gasteiger partial charge in [-0.25, -0.2) is 4.79 Å². The fourth-order valence-electron chi connectivity index (χ4n) is 1.40. The summed E-state index contributed by atoms with van der Waals surface area (Å²) in [6, 6.07) is 3.17. The van der Waals surface area contributed by atoms with E-state index in [1.54, 1.807) is 12.1 Å². The summed E-state index contributed by atoms with van der Waals surface area (Å²) in [6.07, 6.45) is 18.9. The Bertz CT molecular complexity index is 668. The van der Waals surface area contributed by atoms with Crippen molar-refractivity contribution in [3.63, 3.8) is 0 Å². The summed E-state index contributed by atoms with van der Waals surface area (Å²) in [4.78, 5) is 11.1. The summed E-state index contributed by atoms with van der Waals surface area (Å²) in [6.45, 7) is 0. The topological polar surface area (TPSA) is 30.2 Å². The molecule has 0 fully saturated rings. The van der Waals surface area contributed by atoms with Crippen molar-refractivity contribution >= 4 is 12.2 Å². The van der Waals surface area contributed by atoms with Crippen LogP contribution < -0.4 is 16.3 Å². The van der Waals surface area contributed by atoms with Gasteiger partial charge in [0, 0.05) is 11.3 Å². The van der Waals surface area contributed by atoms with Crippen LogP contribution in [-0.4, -0.2) is 0 Å². The van der Waals surface area contributed by atoms with Crippen LogP contribution in [-0.2, 0) is 0 Å². The third-order valence-electron chi connectivity index (χ3n) is 2.20. The van der Waals surface area contributed by atoms with Crippen LogP contribution in [0.15, 0.2) is 70.0 Å². The van der Waals surface area contributed by atoms with E-state index in [1.165, 1.54) is 6.07 Å². The van der Waals surface area contributed by atoms with Gasteiger partial charge in [-0.3, -0.25) is 0 Å². The zero-order chi connectivity index (χ0) is 11.9. The summed E-state index contributed by atoms with van der Waals surface area (Å²) in [5, 5.41) is 0.878. The summed E-state index contributed by atoms with van der Waals surface area (Å²) < 4.78 is 5.13. The highest BCUT2D eigenvalue weighted by Gasteiger charge is 1.88. The lowest BCUT2D eigenvalue weighted by atomic mass is 10.3. The van der Waals surface area contributed by atoms with Gasteiger partial charge in [-0.2, -0.15) is 0 Å². The number of allylic oxidation sites excluding steroid dienone is 8. The van der Waals surface area contributed by atoms with Gasteiger partial charge in [-0.15, -0.1) is 0 Å². The molecule has 0 aromatic carbocycles. The van der Waals surface area contributed by atoms with Crippen molar-refractivity contribution < 1.29 is 4.42 Å². The quantitative estimate of drug-likeness (QED) is 0.667. The minimum absolute atomic E-state index is 0.340. The second-order valence-corrected chi connectivity index (χ2v) is 3.45. The molecule has 1 heterocycles. The molecule has 0 bridgehead atoms. The first-order valence-electron chi connectivity index (χ1n) is 5.35. The van der Waals surface area contributed by atoms with Crippen LogP contribution in [0.25, 0.3) is 12.2 Å². The highest BCUT2D eigenvalue weighted by Crippen LogP contribution is 1.84. The predicted octanol–water partition coefficient (Wildman–Crippen LogP) is 1.44. The first-order chi connectivity index (χ1) is 8.36. The second kappa shape index (κ2) is 5.66. The van der Waals surface area contributed by atoms with Crippen LogP contribution in [0.1, 0.15) is 0 Å². The smallest absolute Gasteiger partial charge is 0.336 e. The minimum atomic E-state index is -0.340. The molecule has 0 radical (unpaired) electrons. The highest BCUT2D eigenvalue weighted by molar-refractivity contribution is 5.42. The third kappa shape index (κ3) is 3.31. The van der Waals surface area contributed by atoms with Gasteiger partial charge in [-0.05, 0) is 12.1 Å². The van der Waals surface area contributed by atoms with Crippen molar-refractivity contribution in [2.75, 3.05) is 0 Å². The first kappa shape index (κ1) is 11.1. The fourth-order valence-corrected chi connectivity index (χ4v) is 1.40. The Kier molecular flexibility index (Phi) is 3.71. The SMILES string of the molecule is O=c1ccc2/c(o1)=C\C=C/C=C\C=C/C=C\C=2. The molecule has 0 unspecified atom stereocenters. The Morgan fingerprint density at radius 1 is 0.706 bits per heavy atom. The molecule has 0 atom stereocenters. The average Bonchev–Trinajstić information content (AvgIpc) is 2.31. The summed E-state index contributed by atoms with van der Waals surface area (Å²) >= 11 is 0. The maximum atomic E-state index is 11.1. The van der Waals surface area contributed by atoms with Crippen LogP contribution in [0.5, 0.6) is 0 Å². The first-order valence-corrected chi connectivity index (χ1v) is 5.35. The lowest BCUT2D eigenvalue weighted by molar-refractivity contribution is 0.474. The van der Waals surface area contributed by atoms with E-state index < -0.39 is 0 Å². The summed E-state index contributed by atoms with van der Waals surface area (Å²) in [7, 11) is 0. The molecular weight excluding hydrogens is 212 g/mol. The summed E-state index contributed by atoms with van der Waals surface area (Å²) in [5.74, 6) is 0. The number of fused-ring (bicyclic) bond motifs is 1. The largest absolute Gasteiger partial charge is 0.423 e. The van der Waals surface area contributed by atoms with Crippen LogP contribution in [0.4, 0.5) is 0 Å². The van der Waals surface area contributed by atoms with Gasteiger partial charge in [0.2, 0.25) is 0 Å². The molecule has 1 aromatic rings. The molecule has 1 aliphatic rings. The number of rotatable bonds is 0. The lowest BCUT2D eigenvalue weighted by Gasteiger charge is -1.87. The van der Waals surface area contributed by atoms with Crippen LogP contribution in [0.3, 0.4) is 0 Å². The highest BCUT2D eigenvalue weighted by atomic mass is 16.4. The maximum absolute atomic E-state index is 11.1. The van der Waals surface area contributed by atoms with Crippen LogP contribution in [0, 0.1) is 0 Å². The zero-order valence-corrected chi connectivity index (χ0v) is 9.24. The second-order valence-electron chi connectivity index (χ2n) is 3.45. The van der Waals surface area contributed by atoms with E-state index in [2.05, 4.69) is 0 Å². The van der Waals surface area contributed by atoms with E-state index >= 15 is 0 Å². The molecule has 17 heavy (non-hydrogen) atoms. The zero-order valence-electron chi connectivity index (χ0n) is 9.24. The lowest BCUT2D eigenvalue weighted by Crippen LogP contribution is -2.27. The normalized spacial score (nSPS) is 25.6. The molecule has 0 N–H and O–H groups in total. The van der Waals surface area contributed by atoms with E-state index in [-0.39, 0.29) is 5.63 Å². The van der Waals surface area contributed by atoms with Gasteiger partial charge in [0.1, 0.15) is 5.42 Å². The van der Waals surface area contributed by atoms with Gasteiger partial charge < -0.3 is 4.42 Å². The Balaban J connectivity index is 2.65. The number of hydrogen-bond donors (Lipinski definition) is 0. The van der Waals surface area contributed by atoms with E-state index in [9.17, 15) is 4.79 Å². The molecule has 0 saturated heterocycles. The fraction of sp³-hybridized carbons (Fsp3) is 0. The minimum Gasteiger partial charge on any atom is -0.423 e. The van der Waals surface area contributed by atoms with Crippen molar-refractivity contribution in [3.8, 4) is 0 Å². The van der Waals surface area contributed by atoms with E-state index in [0.717, 1.165) is 5.22 Å². The predicted molar refractivity (Wildman–Crippen MR) is 69.7 cm³/mol. The van der Waals surface area contributed by atoms with Crippen molar-refractivity contribution in [1.82, 2.24) is 0 Å². The van der Waals surface area contributed by atoms with Gasteiger partial charge in [0.15, 0.2) is 0 Å². The maximum Gasteiger partial charge on any atom is 0.336 e. The Morgan fingerprint density at radius 3 is 2.00 bits per heavy atom. The molecule has 84 valence electrons. The molecule has 0 saturated carbocycles. The van der Waals surface area contributed by atoms with Gasteiger partial charge in [0.25, 0.3) is 0 Å². The van der Waals surface area contributed by atoms with Crippen molar-refractivity contribution in [2.24, 2.45) is 0 Å². The van der Waals surface area contributed by atoms with Crippen molar-refractivity contribution in [1.29, 1.82) is 0 Å². The summed E-state index contributed by atoms with van der Waals surface area (Å²) in [5.41, 5.74) is 0.227. The monoisotopic (exact) mass is 224 g/mol. The van der Waals surface area contributed by atoms with Crippen LogP contribution >= 0.6 is 0 Å². The van der Waals surface area contributed by atoms with Crippen LogP contribution in [0.2, 0.25) is 0 Å². The van der Waals surface area contributed by atoms with E-state index in [1.807, 2.05) is 54.7 Å². The molecule has 2 heteroatoms. The average molecular weight is 224 g/mol. The Morgan fingerprint density at radius 2 is 1.29 bits per heavy atom. The van der Waals surface area contributed by atoms with Gasteiger partial charge in [-0.1, -0.05) is 54.7 Å². The van der Waals surface area contributed by atoms with Gasteiger partial charge >= 0.3 is 5.63 Å². The Labute approximate surface area is 98.9 Å². The molecule has 2 rings (SSSR count). The third-order valence-corrected chi connectivity index (χ3v) is 2.20. The Hall–Kier alpha value is -2.35. The standard InChI is InChI=1S/C15H12O2/c16-15-12-11-13-9-7-5-3-1-2-4-6-8-10-14(13)17-15/h1-12H/b2-1?,3-1-,4-2-,5-3?,6-4?,7-5-,8-6-,9-7?,10-8?,13-9-,14-10+.